The van der Waals surface area contributed by atoms with E-state index in [1.165, 1.54) is 23.5 Å². The van der Waals surface area contributed by atoms with Crippen molar-refractivity contribution in [1.29, 1.82) is 0 Å². The molecule has 0 unspecified atom stereocenters. The molecule has 0 radical (unpaired) electrons. The summed E-state index contributed by atoms with van der Waals surface area (Å²) < 4.78 is 15.5. The van der Waals surface area contributed by atoms with Crippen LogP contribution in [0.25, 0.3) is 11.3 Å². The van der Waals surface area contributed by atoms with Crippen molar-refractivity contribution in [2.45, 2.75) is 25.8 Å². The lowest BCUT2D eigenvalue weighted by atomic mass is 10.1. The molecule has 0 bridgehead atoms. The van der Waals surface area contributed by atoms with Crippen LogP contribution in [0.1, 0.15) is 19.3 Å². The number of thiazole rings is 1. The number of rotatable bonds is 6. The predicted octanol–water partition coefficient (Wildman–Crippen LogP) is 5.91. The molecule has 1 aromatic heterocycles. The van der Waals surface area contributed by atoms with Crippen LogP contribution in [0, 0.1) is 5.82 Å². The Hall–Kier alpha value is -2.15. The van der Waals surface area contributed by atoms with E-state index in [0.29, 0.717) is 35.2 Å². The molecule has 0 aliphatic carbocycles. The average Bonchev–Trinajstić information content (AvgIpc) is 3.31. The molecule has 1 aliphatic rings. The fourth-order valence-corrected chi connectivity index (χ4v) is 4.92. The minimum absolute atomic E-state index is 0.224. The molecule has 0 spiro atoms. The van der Waals surface area contributed by atoms with Crippen LogP contribution in [0.5, 0.6) is 0 Å². The van der Waals surface area contributed by atoms with Gasteiger partial charge < -0.3 is 9.47 Å². The van der Waals surface area contributed by atoms with Gasteiger partial charge in [0.25, 0.3) is 0 Å². The lowest BCUT2D eigenvalue weighted by molar-refractivity contribution is -0.127. The number of amides is 1. The molecule has 4 nitrogen and oxygen atoms in total. The maximum atomic E-state index is 13.4. The summed E-state index contributed by atoms with van der Waals surface area (Å²) >= 11 is 13.8. The Morgan fingerprint density at radius 2 is 1.90 bits per heavy atom. The second-order valence-electron chi connectivity index (χ2n) is 7.11. The number of halogens is 3. The molecule has 0 N–H and O–H groups in total. The quantitative estimate of drug-likeness (QED) is 0.447. The molecule has 2 aromatic carbocycles. The normalized spacial score (nSPS) is 14.7. The highest BCUT2D eigenvalue weighted by molar-refractivity contribution is 7.07. The molecule has 2 heterocycles. The first-order chi connectivity index (χ1) is 14.5. The van der Waals surface area contributed by atoms with Gasteiger partial charge in [0, 0.05) is 36.5 Å². The molecule has 4 rings (SSSR count). The summed E-state index contributed by atoms with van der Waals surface area (Å²) in [5.41, 5.74) is 2.50. The van der Waals surface area contributed by atoms with E-state index in [1.54, 1.807) is 30.3 Å². The molecule has 1 fully saturated rings. The summed E-state index contributed by atoms with van der Waals surface area (Å²) in [6, 6.07) is 11.6. The Morgan fingerprint density at radius 1 is 1.10 bits per heavy atom. The van der Waals surface area contributed by atoms with Crippen LogP contribution in [-0.2, 0) is 11.3 Å². The number of benzene rings is 2. The van der Waals surface area contributed by atoms with E-state index in [4.69, 9.17) is 28.2 Å². The van der Waals surface area contributed by atoms with Crippen LogP contribution in [0.3, 0.4) is 0 Å². The standard InChI is InChI=1S/C22H20Cl2FN3OS/c23-16-6-9-19(18(24)13-16)26-22-28(12-2-11-27-10-1-3-21(27)29)20(14-30-22)15-4-7-17(25)8-5-15/h4-9,13-14H,1-3,10-12H2. The van der Waals surface area contributed by atoms with Crippen LogP contribution in [0.15, 0.2) is 52.8 Å². The molecule has 0 saturated carbocycles. The van der Waals surface area contributed by atoms with Crippen molar-refractivity contribution in [2.24, 2.45) is 4.99 Å². The van der Waals surface area contributed by atoms with E-state index in [2.05, 4.69) is 4.57 Å². The smallest absolute Gasteiger partial charge is 0.222 e. The summed E-state index contributed by atoms with van der Waals surface area (Å²) in [5.74, 6) is -0.0483. The number of carbonyl (C=O) groups is 1. The van der Waals surface area contributed by atoms with Crippen LogP contribution >= 0.6 is 34.5 Å². The molecular formula is C22H20Cl2FN3OS. The van der Waals surface area contributed by atoms with E-state index in [9.17, 15) is 9.18 Å². The Balaban J connectivity index is 1.67. The maximum Gasteiger partial charge on any atom is 0.222 e. The number of likely N-dealkylation sites (tertiary alicyclic amines) is 1. The zero-order chi connectivity index (χ0) is 21.1. The predicted molar refractivity (Wildman–Crippen MR) is 120 cm³/mol. The zero-order valence-electron chi connectivity index (χ0n) is 16.2. The van der Waals surface area contributed by atoms with Gasteiger partial charge in [-0.15, -0.1) is 11.3 Å². The van der Waals surface area contributed by atoms with Crippen molar-refractivity contribution in [3.63, 3.8) is 0 Å². The minimum Gasteiger partial charge on any atom is -0.343 e. The van der Waals surface area contributed by atoms with Crippen LogP contribution in [0.2, 0.25) is 10.0 Å². The van der Waals surface area contributed by atoms with Gasteiger partial charge in [-0.1, -0.05) is 23.2 Å². The lowest BCUT2D eigenvalue weighted by Gasteiger charge is -2.16. The number of nitrogens with zero attached hydrogens (tertiary/aromatic N) is 3. The number of carbonyl (C=O) groups excluding carboxylic acids is 1. The van der Waals surface area contributed by atoms with Gasteiger partial charge in [0.15, 0.2) is 4.80 Å². The minimum atomic E-state index is -0.272. The van der Waals surface area contributed by atoms with Crippen LogP contribution < -0.4 is 4.80 Å². The largest absolute Gasteiger partial charge is 0.343 e. The fraction of sp³-hybridized carbons (Fsp3) is 0.273. The van der Waals surface area contributed by atoms with E-state index in [-0.39, 0.29) is 11.7 Å². The molecule has 1 amide bonds. The number of aromatic nitrogens is 1. The molecule has 1 aliphatic heterocycles. The summed E-state index contributed by atoms with van der Waals surface area (Å²) in [6.45, 7) is 2.23. The van der Waals surface area contributed by atoms with Crippen LogP contribution in [-0.4, -0.2) is 28.5 Å². The van der Waals surface area contributed by atoms with Gasteiger partial charge >= 0.3 is 0 Å². The van der Waals surface area contributed by atoms with Crippen molar-refractivity contribution < 1.29 is 9.18 Å². The Labute approximate surface area is 188 Å². The monoisotopic (exact) mass is 463 g/mol. The number of hydrogen-bond acceptors (Lipinski definition) is 3. The molecule has 8 heteroatoms. The van der Waals surface area contributed by atoms with E-state index >= 15 is 0 Å². The van der Waals surface area contributed by atoms with Gasteiger partial charge in [-0.05, 0) is 60.9 Å². The average molecular weight is 464 g/mol. The highest BCUT2D eigenvalue weighted by Gasteiger charge is 2.19. The van der Waals surface area contributed by atoms with E-state index < -0.39 is 0 Å². The zero-order valence-corrected chi connectivity index (χ0v) is 18.5. The first-order valence-electron chi connectivity index (χ1n) is 9.73. The van der Waals surface area contributed by atoms with Crippen molar-refractivity contribution >= 4 is 46.1 Å². The second-order valence-corrected chi connectivity index (χ2v) is 8.79. The van der Waals surface area contributed by atoms with Gasteiger partial charge in [0.05, 0.1) is 16.4 Å². The summed E-state index contributed by atoms with van der Waals surface area (Å²) in [7, 11) is 0. The number of hydrogen-bond donors (Lipinski definition) is 0. The Bertz CT molecular complexity index is 1120. The fourth-order valence-electron chi connectivity index (χ4n) is 3.52. The molecule has 0 atom stereocenters. The van der Waals surface area contributed by atoms with Gasteiger partial charge in [-0.2, -0.15) is 0 Å². The maximum absolute atomic E-state index is 13.4. The van der Waals surface area contributed by atoms with Crippen LogP contribution in [0.4, 0.5) is 10.1 Å². The third-order valence-electron chi connectivity index (χ3n) is 5.04. The highest BCUT2D eigenvalue weighted by Crippen LogP contribution is 2.28. The van der Waals surface area contributed by atoms with Gasteiger partial charge in [0.1, 0.15) is 5.82 Å². The van der Waals surface area contributed by atoms with Crippen molar-refractivity contribution in [3.05, 3.63) is 68.5 Å². The SMILES string of the molecule is O=C1CCCN1CCCn1c(-c2ccc(F)cc2)csc1=Nc1ccc(Cl)cc1Cl. The first-order valence-corrected chi connectivity index (χ1v) is 11.4. The summed E-state index contributed by atoms with van der Waals surface area (Å²) in [5, 5.41) is 3.05. The Morgan fingerprint density at radius 3 is 2.60 bits per heavy atom. The molecule has 156 valence electrons. The summed E-state index contributed by atoms with van der Waals surface area (Å²) in [4.78, 5) is 19.3. The molecule has 30 heavy (non-hydrogen) atoms. The first kappa shape index (κ1) is 21.1. The topological polar surface area (TPSA) is 37.6 Å². The molecule has 3 aromatic rings. The highest BCUT2D eigenvalue weighted by atomic mass is 35.5. The van der Waals surface area contributed by atoms with Gasteiger partial charge in [0.2, 0.25) is 5.91 Å². The van der Waals surface area contributed by atoms with Crippen molar-refractivity contribution in [2.75, 3.05) is 13.1 Å². The summed E-state index contributed by atoms with van der Waals surface area (Å²) in [6.07, 6.45) is 2.38. The third kappa shape index (κ3) is 4.77. The van der Waals surface area contributed by atoms with Gasteiger partial charge in [-0.25, -0.2) is 9.38 Å². The second kappa shape index (κ2) is 9.33. The molecule has 1 saturated heterocycles. The van der Waals surface area contributed by atoms with Crippen molar-refractivity contribution in [3.8, 4) is 11.3 Å². The van der Waals surface area contributed by atoms with E-state index in [0.717, 1.165) is 35.4 Å². The van der Waals surface area contributed by atoms with Gasteiger partial charge in [-0.3, -0.25) is 4.79 Å². The molecular weight excluding hydrogens is 444 g/mol. The van der Waals surface area contributed by atoms with E-state index in [1.807, 2.05) is 10.3 Å². The van der Waals surface area contributed by atoms with Crippen molar-refractivity contribution in [1.82, 2.24) is 9.47 Å². The third-order valence-corrected chi connectivity index (χ3v) is 6.45. The lowest BCUT2D eigenvalue weighted by Crippen LogP contribution is -2.27. The Kier molecular flexibility index (Phi) is 6.56.